The van der Waals surface area contributed by atoms with E-state index in [2.05, 4.69) is 0 Å². The van der Waals surface area contributed by atoms with Gasteiger partial charge in [-0.3, -0.25) is 0 Å². The highest BCUT2D eigenvalue weighted by Crippen LogP contribution is 2.42. The molecule has 1 unspecified atom stereocenters. The van der Waals surface area contributed by atoms with Gasteiger partial charge < -0.3 is 14.2 Å². The molecule has 0 amide bonds. The molecule has 1 aliphatic rings. The Morgan fingerprint density at radius 2 is 1.83 bits per heavy atom. The zero-order valence-electron chi connectivity index (χ0n) is 17.0. The van der Waals surface area contributed by atoms with Crippen LogP contribution in [0.4, 0.5) is 0 Å². The Morgan fingerprint density at radius 1 is 1.07 bits per heavy atom. The molecule has 0 aromatic heterocycles. The number of carbonyl (C=O) groups is 1. The zero-order valence-corrected chi connectivity index (χ0v) is 17.8. The first-order valence-corrected chi connectivity index (χ1v) is 10.7. The smallest absolute Gasteiger partial charge is 0.337 e. The van der Waals surface area contributed by atoms with E-state index < -0.39 is 16.0 Å². The van der Waals surface area contributed by atoms with Gasteiger partial charge in [0, 0.05) is 12.1 Å². The predicted molar refractivity (Wildman–Crippen MR) is 108 cm³/mol. The van der Waals surface area contributed by atoms with E-state index in [1.54, 1.807) is 33.3 Å². The first-order chi connectivity index (χ1) is 13.8. The number of hydrogen-bond donors (Lipinski definition) is 0. The van der Waals surface area contributed by atoms with Crippen LogP contribution in [0.3, 0.4) is 0 Å². The molecule has 2 aromatic rings. The van der Waals surface area contributed by atoms with Crippen molar-refractivity contribution in [3.05, 3.63) is 53.1 Å². The molecule has 1 aliphatic heterocycles. The molecule has 2 aromatic carbocycles. The maximum absolute atomic E-state index is 13.5. The zero-order chi connectivity index (χ0) is 21.2. The number of esters is 1. The van der Waals surface area contributed by atoms with Crippen LogP contribution < -0.4 is 9.47 Å². The van der Waals surface area contributed by atoms with Crippen molar-refractivity contribution in [1.29, 1.82) is 0 Å². The summed E-state index contributed by atoms with van der Waals surface area (Å²) < 4.78 is 44.0. The van der Waals surface area contributed by atoms with Gasteiger partial charge in [0.1, 0.15) is 11.5 Å². The maximum atomic E-state index is 13.5. The number of aryl methyl sites for hydroxylation is 1. The molecule has 8 heteroatoms. The van der Waals surface area contributed by atoms with Crippen LogP contribution >= 0.6 is 0 Å². The number of methoxy groups -OCH3 is 3. The Kier molecular flexibility index (Phi) is 6.14. The van der Waals surface area contributed by atoms with Gasteiger partial charge in [0.15, 0.2) is 0 Å². The summed E-state index contributed by atoms with van der Waals surface area (Å²) in [4.78, 5) is 11.9. The van der Waals surface area contributed by atoms with E-state index in [0.717, 1.165) is 12.0 Å². The molecule has 0 aliphatic carbocycles. The lowest BCUT2D eigenvalue weighted by Gasteiger charge is -2.26. The summed E-state index contributed by atoms with van der Waals surface area (Å²) in [6, 6.07) is 9.52. The molecular weight excluding hydrogens is 394 g/mol. The van der Waals surface area contributed by atoms with Crippen molar-refractivity contribution in [3.63, 3.8) is 0 Å². The summed E-state index contributed by atoms with van der Waals surface area (Å²) in [5.74, 6) is 0.761. The minimum Gasteiger partial charge on any atom is -0.497 e. The number of sulfonamides is 1. The number of hydrogen-bond acceptors (Lipinski definition) is 6. The molecular formula is C21H25NO6S. The molecule has 1 heterocycles. The Balaban J connectivity index is 2.02. The van der Waals surface area contributed by atoms with E-state index in [0.29, 0.717) is 35.6 Å². The fourth-order valence-corrected chi connectivity index (χ4v) is 5.63. The fourth-order valence-electron chi connectivity index (χ4n) is 3.75. The molecule has 0 spiro atoms. The maximum Gasteiger partial charge on any atom is 0.337 e. The van der Waals surface area contributed by atoms with Crippen molar-refractivity contribution in [2.75, 3.05) is 27.9 Å². The van der Waals surface area contributed by atoms with Gasteiger partial charge in [0.2, 0.25) is 10.0 Å². The van der Waals surface area contributed by atoms with Crippen molar-refractivity contribution in [2.45, 2.75) is 30.7 Å². The van der Waals surface area contributed by atoms with Crippen LogP contribution in [-0.4, -0.2) is 46.6 Å². The minimum absolute atomic E-state index is 0.180. The number of ether oxygens (including phenoxy) is 3. The summed E-state index contributed by atoms with van der Waals surface area (Å²) in [6.07, 6.45) is 1.42. The largest absolute Gasteiger partial charge is 0.497 e. The minimum atomic E-state index is -3.78. The first kappa shape index (κ1) is 21.1. The second-order valence-electron chi connectivity index (χ2n) is 6.85. The van der Waals surface area contributed by atoms with Crippen molar-refractivity contribution < 1.29 is 27.4 Å². The van der Waals surface area contributed by atoms with Crippen LogP contribution in [0.2, 0.25) is 0 Å². The second kappa shape index (κ2) is 8.42. The summed E-state index contributed by atoms with van der Waals surface area (Å²) >= 11 is 0. The summed E-state index contributed by atoms with van der Waals surface area (Å²) in [5.41, 5.74) is 1.59. The summed E-state index contributed by atoms with van der Waals surface area (Å²) in [5, 5.41) is 0. The molecule has 0 radical (unpaired) electrons. The molecule has 0 saturated carbocycles. The number of nitrogens with zero attached hydrogens (tertiary/aromatic N) is 1. The van der Waals surface area contributed by atoms with Gasteiger partial charge in [-0.05, 0) is 61.7 Å². The van der Waals surface area contributed by atoms with E-state index in [-0.39, 0.29) is 10.9 Å². The highest BCUT2D eigenvalue weighted by atomic mass is 32.2. The Morgan fingerprint density at radius 3 is 2.45 bits per heavy atom. The molecule has 1 saturated heterocycles. The number of rotatable bonds is 6. The van der Waals surface area contributed by atoms with E-state index in [4.69, 9.17) is 14.2 Å². The molecule has 0 bridgehead atoms. The third kappa shape index (κ3) is 3.95. The van der Waals surface area contributed by atoms with Crippen molar-refractivity contribution in [3.8, 4) is 11.5 Å². The molecule has 7 nitrogen and oxygen atoms in total. The number of carbonyl (C=O) groups excluding carboxylic acids is 1. The van der Waals surface area contributed by atoms with Gasteiger partial charge in [0.25, 0.3) is 0 Å². The van der Waals surface area contributed by atoms with Crippen LogP contribution in [0, 0.1) is 6.92 Å². The lowest BCUT2D eigenvalue weighted by Crippen LogP contribution is -2.31. The van der Waals surface area contributed by atoms with Crippen LogP contribution in [0.25, 0.3) is 0 Å². The topological polar surface area (TPSA) is 82.1 Å². The van der Waals surface area contributed by atoms with Gasteiger partial charge in [-0.2, -0.15) is 4.31 Å². The second-order valence-corrected chi connectivity index (χ2v) is 8.71. The van der Waals surface area contributed by atoms with Crippen molar-refractivity contribution in [2.24, 2.45) is 0 Å². The molecule has 1 atom stereocenters. The predicted octanol–water partition coefficient (Wildman–Crippen LogP) is 3.32. The SMILES string of the molecule is COC(=O)c1ccc(S(=O)(=O)N2CCCC2c2cc(OC)ccc2OC)c(C)c1. The van der Waals surface area contributed by atoms with E-state index >= 15 is 0 Å². The van der Waals surface area contributed by atoms with E-state index in [1.165, 1.54) is 29.6 Å². The fraction of sp³-hybridized carbons (Fsp3) is 0.381. The van der Waals surface area contributed by atoms with Crippen LogP contribution in [0.15, 0.2) is 41.3 Å². The van der Waals surface area contributed by atoms with Gasteiger partial charge >= 0.3 is 5.97 Å². The highest BCUT2D eigenvalue weighted by molar-refractivity contribution is 7.89. The molecule has 156 valence electrons. The third-order valence-corrected chi connectivity index (χ3v) is 7.25. The standard InChI is InChI=1S/C21H25NO6S/c1-14-12-15(21(23)28-4)7-10-20(14)29(24,25)22-11-5-6-18(22)17-13-16(26-2)8-9-19(17)27-3/h7-10,12-13,18H,5-6,11H2,1-4H3. The quantitative estimate of drug-likeness (QED) is 0.668. The van der Waals surface area contributed by atoms with Crippen LogP contribution in [0.1, 0.15) is 40.4 Å². The van der Waals surface area contributed by atoms with Gasteiger partial charge in [-0.25, -0.2) is 13.2 Å². The molecule has 0 N–H and O–H groups in total. The van der Waals surface area contributed by atoms with Gasteiger partial charge in [0.05, 0.1) is 37.8 Å². The average Bonchev–Trinajstić information content (AvgIpc) is 3.23. The normalized spacial score (nSPS) is 17.2. The monoisotopic (exact) mass is 419 g/mol. The van der Waals surface area contributed by atoms with E-state index in [1.807, 2.05) is 6.07 Å². The van der Waals surface area contributed by atoms with Crippen molar-refractivity contribution >= 4 is 16.0 Å². The lowest BCUT2D eigenvalue weighted by molar-refractivity contribution is 0.0600. The molecule has 3 rings (SSSR count). The lowest BCUT2D eigenvalue weighted by atomic mass is 10.0. The first-order valence-electron chi connectivity index (χ1n) is 9.26. The Bertz CT molecular complexity index is 1020. The van der Waals surface area contributed by atoms with Crippen LogP contribution in [-0.2, 0) is 14.8 Å². The average molecular weight is 419 g/mol. The summed E-state index contributed by atoms with van der Waals surface area (Å²) in [7, 11) is 0.649. The van der Waals surface area contributed by atoms with Crippen LogP contribution in [0.5, 0.6) is 11.5 Å². The van der Waals surface area contributed by atoms with Gasteiger partial charge in [-0.15, -0.1) is 0 Å². The number of benzene rings is 2. The summed E-state index contributed by atoms with van der Waals surface area (Å²) in [6.45, 7) is 2.09. The van der Waals surface area contributed by atoms with E-state index in [9.17, 15) is 13.2 Å². The molecule has 1 fully saturated rings. The molecule has 29 heavy (non-hydrogen) atoms. The van der Waals surface area contributed by atoms with Crippen molar-refractivity contribution in [1.82, 2.24) is 4.31 Å². The Labute approximate surface area is 171 Å². The highest BCUT2D eigenvalue weighted by Gasteiger charge is 2.38. The third-order valence-electron chi connectivity index (χ3n) is 5.18. The van der Waals surface area contributed by atoms with Gasteiger partial charge in [-0.1, -0.05) is 0 Å². The Hall–Kier alpha value is -2.58.